The highest BCUT2D eigenvalue weighted by Crippen LogP contribution is 2.27. The summed E-state index contributed by atoms with van der Waals surface area (Å²) in [5, 5.41) is 4.07. The Balaban J connectivity index is 0.00000132. The van der Waals surface area contributed by atoms with Gasteiger partial charge in [-0.25, -0.2) is 4.98 Å². The van der Waals surface area contributed by atoms with Crippen LogP contribution in [0.3, 0.4) is 0 Å². The molecule has 3 fully saturated rings. The minimum atomic E-state index is -0.0770. The van der Waals surface area contributed by atoms with Crippen LogP contribution in [0.25, 0.3) is 11.0 Å². The zero-order valence-electron chi connectivity index (χ0n) is 11.6. The first-order chi connectivity index (χ1) is 9.79. The minimum Gasteiger partial charge on any atom is -0.463 e. The fourth-order valence-electron chi connectivity index (χ4n) is 3.36. The molecule has 3 aliphatic rings. The molecule has 1 amide bonds. The first-order valence-corrected chi connectivity index (χ1v) is 7.16. The summed E-state index contributed by atoms with van der Waals surface area (Å²) in [7, 11) is 0. The molecule has 1 unspecified atom stereocenters. The monoisotopic (exact) mass is 307 g/mol. The average molecular weight is 308 g/mol. The molecule has 5 rings (SSSR count). The summed E-state index contributed by atoms with van der Waals surface area (Å²) in [5.74, 6) is 0.549. The van der Waals surface area contributed by atoms with Crippen LogP contribution in [0.2, 0.25) is 0 Å². The summed E-state index contributed by atoms with van der Waals surface area (Å²) >= 11 is 0. The van der Waals surface area contributed by atoms with Crippen molar-refractivity contribution in [1.29, 1.82) is 0 Å². The molecule has 6 heteroatoms. The molecular weight excluding hydrogens is 290 g/mol. The number of nitrogens with zero attached hydrogens (tertiary/aromatic N) is 2. The van der Waals surface area contributed by atoms with Crippen LogP contribution in [0.4, 0.5) is 0 Å². The van der Waals surface area contributed by atoms with Crippen LogP contribution in [0.5, 0.6) is 0 Å². The van der Waals surface area contributed by atoms with Crippen LogP contribution in [0.1, 0.15) is 23.3 Å². The van der Waals surface area contributed by atoms with Crippen LogP contribution < -0.4 is 5.32 Å². The van der Waals surface area contributed by atoms with Gasteiger partial charge >= 0.3 is 0 Å². The Morgan fingerprint density at radius 2 is 2.19 bits per heavy atom. The predicted octanol–water partition coefficient (Wildman–Crippen LogP) is 2.07. The van der Waals surface area contributed by atoms with Crippen molar-refractivity contribution >= 4 is 29.3 Å². The molecule has 0 aliphatic carbocycles. The number of furan rings is 1. The quantitative estimate of drug-likeness (QED) is 0.923. The molecule has 5 nitrogen and oxygen atoms in total. The average Bonchev–Trinajstić information content (AvgIpc) is 2.96. The summed E-state index contributed by atoms with van der Waals surface area (Å²) in [6.07, 6.45) is 5.61. The molecule has 2 aromatic rings. The molecule has 112 valence electrons. The van der Waals surface area contributed by atoms with Gasteiger partial charge in [-0.1, -0.05) is 0 Å². The number of hydrogen-bond acceptors (Lipinski definition) is 4. The molecular formula is C15H18ClN3O2. The van der Waals surface area contributed by atoms with Crippen molar-refractivity contribution in [1.82, 2.24) is 15.2 Å². The topological polar surface area (TPSA) is 58.4 Å². The highest BCUT2D eigenvalue weighted by atomic mass is 35.5. The van der Waals surface area contributed by atoms with Crippen LogP contribution in [-0.2, 0) is 0 Å². The van der Waals surface area contributed by atoms with Crippen LogP contribution >= 0.6 is 12.4 Å². The summed E-state index contributed by atoms with van der Waals surface area (Å²) in [5.41, 5.74) is 1.18. The minimum absolute atomic E-state index is 0. The molecule has 2 aromatic heterocycles. The van der Waals surface area contributed by atoms with Gasteiger partial charge in [-0.2, -0.15) is 0 Å². The highest BCUT2D eigenvalue weighted by molar-refractivity contribution is 5.95. The summed E-state index contributed by atoms with van der Waals surface area (Å²) in [4.78, 5) is 18.9. The van der Waals surface area contributed by atoms with Crippen molar-refractivity contribution in [3.05, 3.63) is 30.3 Å². The number of carbonyl (C=O) groups excluding carboxylic acids is 1. The van der Waals surface area contributed by atoms with E-state index in [9.17, 15) is 4.79 Å². The lowest BCUT2D eigenvalue weighted by molar-refractivity contribution is 0.0618. The van der Waals surface area contributed by atoms with Crippen LogP contribution in [0.15, 0.2) is 29.0 Å². The molecule has 2 bridgehead atoms. The Kier molecular flexibility index (Phi) is 3.87. The number of fused-ring (bicyclic) bond motifs is 4. The van der Waals surface area contributed by atoms with Crippen molar-refractivity contribution in [3.8, 4) is 0 Å². The van der Waals surface area contributed by atoms with E-state index in [1.807, 2.05) is 6.07 Å². The van der Waals surface area contributed by atoms with Crippen molar-refractivity contribution in [2.75, 3.05) is 19.6 Å². The zero-order chi connectivity index (χ0) is 13.5. The Labute approximate surface area is 129 Å². The first-order valence-electron chi connectivity index (χ1n) is 7.16. The third-order valence-corrected chi connectivity index (χ3v) is 4.55. The van der Waals surface area contributed by atoms with Crippen molar-refractivity contribution in [3.63, 3.8) is 0 Å². The van der Waals surface area contributed by atoms with Gasteiger partial charge in [-0.15, -0.1) is 12.4 Å². The second-order valence-corrected chi connectivity index (χ2v) is 5.75. The standard InChI is InChI=1S/C15H17N3O2.ClH/c19-15(12-7-11-3-6-20-14(11)8-16-12)17-13-9-18-4-1-10(13)2-5-18;/h3,6-8,10,13H,1-2,4-5,9H2,(H,17,19);1H. The Morgan fingerprint density at radius 1 is 1.38 bits per heavy atom. The van der Waals surface area contributed by atoms with E-state index in [2.05, 4.69) is 15.2 Å². The fraction of sp³-hybridized carbons (Fsp3) is 0.467. The first kappa shape index (κ1) is 14.4. The van der Waals surface area contributed by atoms with Gasteiger partial charge in [0.2, 0.25) is 0 Å². The maximum atomic E-state index is 12.3. The molecule has 1 N–H and O–H groups in total. The highest BCUT2D eigenvalue weighted by Gasteiger charge is 2.35. The SMILES string of the molecule is Cl.O=C(NC1CN2CCC1CC2)c1cc2ccoc2cn1. The van der Waals surface area contributed by atoms with Gasteiger partial charge in [0.15, 0.2) is 5.58 Å². The van der Waals surface area contributed by atoms with Gasteiger partial charge in [0, 0.05) is 18.0 Å². The van der Waals surface area contributed by atoms with E-state index in [0.717, 1.165) is 11.9 Å². The molecule has 3 saturated heterocycles. The van der Waals surface area contributed by atoms with Gasteiger partial charge < -0.3 is 14.6 Å². The molecule has 1 atom stereocenters. The molecule has 0 saturated carbocycles. The normalized spacial score (nSPS) is 27.3. The lowest BCUT2D eigenvalue weighted by Gasteiger charge is -2.44. The molecule has 5 heterocycles. The zero-order valence-corrected chi connectivity index (χ0v) is 12.4. The van der Waals surface area contributed by atoms with Gasteiger partial charge in [-0.05, 0) is 44.0 Å². The van der Waals surface area contributed by atoms with Crippen LogP contribution in [-0.4, -0.2) is 41.5 Å². The third-order valence-electron chi connectivity index (χ3n) is 4.55. The number of rotatable bonds is 2. The Bertz CT molecular complexity index is 649. The number of aromatic nitrogens is 1. The molecule has 21 heavy (non-hydrogen) atoms. The number of halogens is 1. The van der Waals surface area contributed by atoms with Gasteiger partial charge in [0.25, 0.3) is 5.91 Å². The lowest BCUT2D eigenvalue weighted by atomic mass is 9.84. The number of carbonyl (C=O) groups is 1. The second-order valence-electron chi connectivity index (χ2n) is 5.75. The van der Waals surface area contributed by atoms with Crippen molar-refractivity contribution in [2.24, 2.45) is 5.92 Å². The maximum Gasteiger partial charge on any atom is 0.270 e. The smallest absolute Gasteiger partial charge is 0.270 e. The summed E-state index contributed by atoms with van der Waals surface area (Å²) in [6, 6.07) is 3.91. The summed E-state index contributed by atoms with van der Waals surface area (Å²) in [6.45, 7) is 3.33. The summed E-state index contributed by atoms with van der Waals surface area (Å²) < 4.78 is 5.24. The van der Waals surface area contributed by atoms with E-state index in [1.165, 1.54) is 25.9 Å². The van der Waals surface area contributed by atoms with E-state index in [1.54, 1.807) is 18.5 Å². The fourth-order valence-corrected chi connectivity index (χ4v) is 3.36. The van der Waals surface area contributed by atoms with Gasteiger partial charge in [0.05, 0.1) is 12.5 Å². The molecule has 0 radical (unpaired) electrons. The molecule has 0 aromatic carbocycles. The number of hydrogen-bond donors (Lipinski definition) is 1. The van der Waals surface area contributed by atoms with E-state index < -0.39 is 0 Å². The Hall–Kier alpha value is -1.59. The van der Waals surface area contributed by atoms with Gasteiger partial charge in [-0.3, -0.25) is 4.79 Å². The Morgan fingerprint density at radius 3 is 2.90 bits per heavy atom. The van der Waals surface area contributed by atoms with E-state index in [4.69, 9.17) is 4.42 Å². The third kappa shape index (κ3) is 2.63. The van der Waals surface area contributed by atoms with E-state index in [0.29, 0.717) is 17.2 Å². The van der Waals surface area contributed by atoms with E-state index in [-0.39, 0.29) is 24.4 Å². The van der Waals surface area contributed by atoms with E-state index >= 15 is 0 Å². The number of nitrogens with one attached hydrogen (secondary N) is 1. The van der Waals surface area contributed by atoms with Crippen LogP contribution in [0, 0.1) is 5.92 Å². The molecule has 0 spiro atoms. The maximum absolute atomic E-state index is 12.3. The van der Waals surface area contributed by atoms with Crippen molar-refractivity contribution < 1.29 is 9.21 Å². The second kappa shape index (κ2) is 5.66. The van der Waals surface area contributed by atoms with Crippen molar-refractivity contribution in [2.45, 2.75) is 18.9 Å². The lowest BCUT2D eigenvalue weighted by Crippen LogP contribution is -2.57. The largest absolute Gasteiger partial charge is 0.463 e. The van der Waals surface area contributed by atoms with Gasteiger partial charge in [0.1, 0.15) is 5.69 Å². The predicted molar refractivity (Wildman–Crippen MR) is 81.7 cm³/mol. The number of pyridine rings is 1. The number of piperidine rings is 3. The molecule has 3 aliphatic heterocycles. The number of amides is 1.